The molecule has 0 amide bonds. The van der Waals surface area contributed by atoms with E-state index >= 15 is 0 Å². The standard InChI is InChI=1S/C11H12FN3O3S2/c1-6-10(19-11(13)14-6)20(16,17)15-8-4-3-7(12)5-9(8)18-2/h3-5,15H,1-2H3,(H2,13,14). The molecule has 0 spiro atoms. The van der Waals surface area contributed by atoms with Gasteiger partial charge in [0.25, 0.3) is 10.0 Å². The van der Waals surface area contributed by atoms with Gasteiger partial charge in [-0.2, -0.15) is 0 Å². The zero-order valence-corrected chi connectivity index (χ0v) is 12.3. The lowest BCUT2D eigenvalue weighted by atomic mass is 10.3. The fourth-order valence-electron chi connectivity index (χ4n) is 1.59. The van der Waals surface area contributed by atoms with E-state index in [-0.39, 0.29) is 20.8 Å². The molecule has 0 atom stereocenters. The van der Waals surface area contributed by atoms with Crippen LogP contribution in [0.3, 0.4) is 0 Å². The first-order valence-corrected chi connectivity index (χ1v) is 7.72. The normalized spacial score (nSPS) is 11.3. The van der Waals surface area contributed by atoms with Crippen LogP contribution in [0.25, 0.3) is 0 Å². The van der Waals surface area contributed by atoms with Crippen molar-refractivity contribution in [1.29, 1.82) is 0 Å². The highest BCUT2D eigenvalue weighted by atomic mass is 32.2. The van der Waals surface area contributed by atoms with Crippen LogP contribution < -0.4 is 15.2 Å². The van der Waals surface area contributed by atoms with Gasteiger partial charge in [-0.25, -0.2) is 17.8 Å². The molecule has 1 aromatic heterocycles. The minimum absolute atomic E-state index is 0.0152. The Bertz CT molecular complexity index is 743. The zero-order valence-electron chi connectivity index (χ0n) is 10.7. The maximum Gasteiger partial charge on any atom is 0.273 e. The maximum atomic E-state index is 13.1. The Balaban J connectivity index is 2.41. The average Bonchev–Trinajstić information content (AvgIpc) is 2.71. The monoisotopic (exact) mass is 317 g/mol. The molecule has 6 nitrogen and oxygen atoms in total. The highest BCUT2D eigenvalue weighted by molar-refractivity contribution is 7.94. The molecule has 0 aliphatic rings. The molecule has 0 saturated carbocycles. The molecule has 0 bridgehead atoms. The van der Waals surface area contributed by atoms with E-state index in [1.807, 2.05) is 0 Å². The molecule has 0 aliphatic carbocycles. The molecule has 1 heterocycles. The van der Waals surface area contributed by atoms with Crippen LogP contribution in [0, 0.1) is 12.7 Å². The summed E-state index contributed by atoms with van der Waals surface area (Å²) >= 11 is 0.858. The molecule has 2 rings (SSSR count). The number of aromatic nitrogens is 1. The summed E-state index contributed by atoms with van der Waals surface area (Å²) in [5.41, 5.74) is 5.93. The summed E-state index contributed by atoms with van der Waals surface area (Å²) in [6.45, 7) is 1.54. The van der Waals surface area contributed by atoms with Crippen molar-refractivity contribution in [2.24, 2.45) is 0 Å². The topological polar surface area (TPSA) is 94.3 Å². The molecular formula is C11H12FN3O3S2. The number of hydrogen-bond acceptors (Lipinski definition) is 6. The second-order valence-electron chi connectivity index (χ2n) is 3.88. The molecule has 108 valence electrons. The molecule has 0 saturated heterocycles. The first-order valence-electron chi connectivity index (χ1n) is 5.43. The van der Waals surface area contributed by atoms with Gasteiger partial charge in [-0.05, 0) is 19.1 Å². The third-order valence-electron chi connectivity index (χ3n) is 2.42. The van der Waals surface area contributed by atoms with E-state index in [0.717, 1.165) is 23.5 Å². The fraction of sp³-hybridized carbons (Fsp3) is 0.182. The number of thiazole rings is 1. The molecule has 2 aromatic rings. The Hall–Kier alpha value is -1.87. The van der Waals surface area contributed by atoms with Crippen molar-refractivity contribution in [3.8, 4) is 5.75 Å². The van der Waals surface area contributed by atoms with Crippen molar-refractivity contribution in [3.63, 3.8) is 0 Å². The number of ether oxygens (including phenoxy) is 1. The van der Waals surface area contributed by atoms with Crippen LogP contribution in [0.5, 0.6) is 5.75 Å². The van der Waals surface area contributed by atoms with Gasteiger partial charge in [-0.3, -0.25) is 4.72 Å². The summed E-state index contributed by atoms with van der Waals surface area (Å²) in [6, 6.07) is 3.51. The summed E-state index contributed by atoms with van der Waals surface area (Å²) in [7, 11) is -2.52. The van der Waals surface area contributed by atoms with Crippen LogP contribution >= 0.6 is 11.3 Å². The lowest BCUT2D eigenvalue weighted by Gasteiger charge is -2.11. The molecular weight excluding hydrogens is 305 g/mol. The number of nitrogens with two attached hydrogens (primary N) is 1. The van der Waals surface area contributed by atoms with Gasteiger partial charge >= 0.3 is 0 Å². The molecule has 0 radical (unpaired) electrons. The van der Waals surface area contributed by atoms with Crippen molar-refractivity contribution in [2.45, 2.75) is 11.1 Å². The number of nitrogen functional groups attached to an aromatic ring is 1. The maximum absolute atomic E-state index is 13.1. The highest BCUT2D eigenvalue weighted by Crippen LogP contribution is 2.31. The number of methoxy groups -OCH3 is 1. The smallest absolute Gasteiger partial charge is 0.273 e. The van der Waals surface area contributed by atoms with Crippen LogP contribution in [0.4, 0.5) is 15.2 Å². The molecule has 1 aromatic carbocycles. The van der Waals surface area contributed by atoms with Crippen LogP contribution in [0.1, 0.15) is 5.69 Å². The van der Waals surface area contributed by atoms with E-state index in [1.165, 1.54) is 13.2 Å². The van der Waals surface area contributed by atoms with Gasteiger partial charge in [-0.1, -0.05) is 11.3 Å². The van der Waals surface area contributed by atoms with Gasteiger partial charge in [0.2, 0.25) is 0 Å². The predicted molar refractivity (Wildman–Crippen MR) is 75.0 cm³/mol. The van der Waals surface area contributed by atoms with E-state index in [2.05, 4.69) is 9.71 Å². The Morgan fingerprint density at radius 2 is 2.15 bits per heavy atom. The molecule has 0 fully saturated rings. The van der Waals surface area contributed by atoms with E-state index in [1.54, 1.807) is 6.92 Å². The summed E-state index contributed by atoms with van der Waals surface area (Å²) in [6.07, 6.45) is 0. The SMILES string of the molecule is COc1cc(F)ccc1NS(=O)(=O)c1sc(N)nc1C. The van der Waals surface area contributed by atoms with E-state index in [0.29, 0.717) is 5.69 Å². The Morgan fingerprint density at radius 3 is 2.70 bits per heavy atom. The first kappa shape index (κ1) is 14.5. The van der Waals surface area contributed by atoms with E-state index in [9.17, 15) is 12.8 Å². The van der Waals surface area contributed by atoms with Crippen LogP contribution in [-0.4, -0.2) is 20.5 Å². The summed E-state index contributed by atoms with van der Waals surface area (Å²) in [4.78, 5) is 3.86. The summed E-state index contributed by atoms with van der Waals surface area (Å²) < 4.78 is 44.8. The number of aryl methyl sites for hydroxylation is 1. The van der Waals surface area contributed by atoms with Crippen LogP contribution in [-0.2, 0) is 10.0 Å². The number of benzene rings is 1. The number of nitrogens with one attached hydrogen (secondary N) is 1. The summed E-state index contributed by atoms with van der Waals surface area (Å²) in [5, 5.41) is 0.161. The highest BCUT2D eigenvalue weighted by Gasteiger charge is 2.22. The minimum Gasteiger partial charge on any atom is -0.494 e. The zero-order chi connectivity index (χ0) is 14.9. The number of anilines is 2. The Morgan fingerprint density at radius 1 is 1.45 bits per heavy atom. The van der Waals surface area contributed by atoms with Crippen molar-refractivity contribution in [2.75, 3.05) is 17.6 Å². The number of sulfonamides is 1. The van der Waals surface area contributed by atoms with Crippen molar-refractivity contribution in [1.82, 2.24) is 4.98 Å². The molecule has 3 N–H and O–H groups in total. The first-order chi connectivity index (χ1) is 9.33. The minimum atomic E-state index is -3.85. The second kappa shape index (κ2) is 5.25. The van der Waals surface area contributed by atoms with Crippen molar-refractivity contribution < 1.29 is 17.5 Å². The number of nitrogens with zero attached hydrogens (tertiary/aromatic N) is 1. The van der Waals surface area contributed by atoms with Gasteiger partial charge < -0.3 is 10.5 Å². The third kappa shape index (κ3) is 2.83. The third-order valence-corrected chi connectivity index (χ3v) is 5.38. The molecule has 0 unspecified atom stereocenters. The lowest BCUT2D eigenvalue weighted by Crippen LogP contribution is -2.13. The van der Waals surface area contributed by atoms with Crippen LogP contribution in [0.15, 0.2) is 22.4 Å². The molecule has 9 heteroatoms. The largest absolute Gasteiger partial charge is 0.494 e. The van der Waals surface area contributed by atoms with Gasteiger partial charge in [0.1, 0.15) is 11.6 Å². The predicted octanol–water partition coefficient (Wildman–Crippen LogP) is 1.98. The fourth-order valence-corrected chi connectivity index (χ4v) is 3.96. The van der Waals surface area contributed by atoms with Crippen molar-refractivity contribution >= 4 is 32.2 Å². The molecule has 20 heavy (non-hydrogen) atoms. The van der Waals surface area contributed by atoms with Gasteiger partial charge in [0, 0.05) is 6.07 Å². The molecule has 0 aliphatic heterocycles. The van der Waals surface area contributed by atoms with Crippen molar-refractivity contribution in [3.05, 3.63) is 29.7 Å². The Kier molecular flexibility index (Phi) is 3.82. The van der Waals surface area contributed by atoms with Gasteiger partial charge in [0.05, 0.1) is 18.5 Å². The lowest BCUT2D eigenvalue weighted by molar-refractivity contribution is 0.413. The second-order valence-corrected chi connectivity index (χ2v) is 6.78. The van der Waals surface area contributed by atoms with E-state index in [4.69, 9.17) is 10.5 Å². The quantitative estimate of drug-likeness (QED) is 0.899. The van der Waals surface area contributed by atoms with Gasteiger partial charge in [-0.15, -0.1) is 0 Å². The average molecular weight is 317 g/mol. The Labute approximate surface area is 119 Å². The van der Waals surface area contributed by atoms with Crippen LogP contribution in [0.2, 0.25) is 0 Å². The van der Waals surface area contributed by atoms with Gasteiger partial charge in [0.15, 0.2) is 9.34 Å². The number of halogens is 1. The summed E-state index contributed by atoms with van der Waals surface area (Å²) in [5.74, 6) is -0.438. The number of rotatable bonds is 4. The number of hydrogen-bond donors (Lipinski definition) is 2. The van der Waals surface area contributed by atoms with E-state index < -0.39 is 15.8 Å².